The molecule has 0 bridgehead atoms. The zero-order valence-corrected chi connectivity index (χ0v) is 52.5. The van der Waals surface area contributed by atoms with Gasteiger partial charge in [0.15, 0.2) is 49.1 Å². The Balaban J connectivity index is 0.972. The van der Waals surface area contributed by atoms with Crippen LogP contribution < -0.4 is 4.74 Å². The molecule has 30 atom stereocenters. The van der Waals surface area contributed by atoms with Crippen LogP contribution in [0.1, 0.15) is 142 Å². The van der Waals surface area contributed by atoms with Crippen molar-refractivity contribution in [2.24, 2.45) is 5.92 Å². The van der Waals surface area contributed by atoms with Gasteiger partial charge in [-0.15, -0.1) is 0 Å². The van der Waals surface area contributed by atoms with E-state index in [-0.39, 0.29) is 78.2 Å². The molecule has 1 aliphatic carbocycles. The number of hydrogen-bond donors (Lipinski definition) is 11. The third-order valence-electron chi connectivity index (χ3n) is 18.7. The predicted octanol–water partition coefficient (Wildman–Crippen LogP) is 1.02. The summed E-state index contributed by atoms with van der Waals surface area (Å²) < 4.78 is 86.0. The van der Waals surface area contributed by atoms with Crippen molar-refractivity contribution in [3.8, 4) is 17.2 Å². The van der Waals surface area contributed by atoms with E-state index < -0.39 is 213 Å². The number of fused-ring (bicyclic) bond motifs is 2. The molecule has 0 saturated carbocycles. The van der Waals surface area contributed by atoms with Gasteiger partial charge in [0.25, 0.3) is 0 Å². The van der Waals surface area contributed by atoms with Gasteiger partial charge < -0.3 is 122 Å². The van der Waals surface area contributed by atoms with Crippen LogP contribution in [0.25, 0.3) is 10.8 Å². The van der Waals surface area contributed by atoms with Crippen LogP contribution in [0.2, 0.25) is 0 Å². The van der Waals surface area contributed by atoms with Gasteiger partial charge in [-0.3, -0.25) is 14.4 Å². The maximum Gasteiger partial charge on any atom is 0.303 e. The number of ether oxygens (including phenoxy) is 14. The lowest BCUT2D eigenvalue weighted by Crippen LogP contribution is -2.57. The minimum Gasteiger partial charge on any atom is -0.507 e. The smallest absolute Gasteiger partial charge is 0.303 e. The van der Waals surface area contributed by atoms with E-state index in [1.165, 1.54) is 33.9 Å². The van der Waals surface area contributed by atoms with E-state index in [1.807, 2.05) is 13.8 Å². The lowest BCUT2D eigenvalue weighted by Gasteiger charge is -2.46. The second-order valence-corrected chi connectivity index (χ2v) is 25.4. The van der Waals surface area contributed by atoms with Crippen molar-refractivity contribution in [2.75, 3.05) is 7.11 Å². The van der Waals surface area contributed by atoms with Gasteiger partial charge in [0.1, 0.15) is 72.2 Å². The first-order valence-electron chi connectivity index (χ1n) is 31.3. The SMILES string of the molecule is CCC(C)c1c(O[C@H]2C[C@@H](O[C@H]3C[C@@H](O)[C@H](O)[C@@H](C)O3)[C@H](O)[C@@H](C)O2)cc2cc3c(c(O)c2c1O)C(=O)[C@H](O[C@H]1C[C@@H](O[C@H]2C[C@@H](O[C@H]4C[C@@H](O[C@H]5C[C@@H](O)[C@H](O)[C@@H](C)O5)[C@H](O)[C@@H](C)O4)[C@@H](OC(C)=O)[C@@H](C)O2)[C@H](O)[C@@H](C)O1)[C@@H](C(OC)C(=O)C(O)C(C)O)C3. The number of rotatable bonds is 20. The highest BCUT2D eigenvalue weighted by atomic mass is 16.8. The number of carbonyl (C=O) groups is 3. The molecule has 4 unspecified atom stereocenters. The Hall–Kier alpha value is -3.93. The summed E-state index contributed by atoms with van der Waals surface area (Å²) in [4.78, 5) is 42.0. The number of aliphatic hydroxyl groups excluding tert-OH is 9. The molecule has 6 fully saturated rings. The van der Waals surface area contributed by atoms with Crippen LogP contribution >= 0.6 is 0 Å². The Kier molecular flexibility index (Phi) is 23.0. The van der Waals surface area contributed by atoms with E-state index in [0.29, 0.717) is 6.42 Å². The van der Waals surface area contributed by atoms with Gasteiger partial charge in [-0.2, -0.15) is 0 Å². The highest BCUT2D eigenvalue weighted by Crippen LogP contribution is 2.50. The predicted molar refractivity (Wildman–Crippen MR) is 307 cm³/mol. The lowest BCUT2D eigenvalue weighted by atomic mass is 9.74. The Morgan fingerprint density at radius 1 is 0.589 bits per heavy atom. The Bertz CT molecular complexity index is 2760. The fourth-order valence-electron chi connectivity index (χ4n) is 13.4. The molecule has 11 N–H and O–H groups in total. The van der Waals surface area contributed by atoms with E-state index in [2.05, 4.69) is 0 Å². The van der Waals surface area contributed by atoms with Gasteiger partial charge in [0, 0.05) is 64.0 Å². The average molecular weight is 1290 g/mol. The molecule has 6 heterocycles. The molecule has 0 amide bonds. The summed E-state index contributed by atoms with van der Waals surface area (Å²) in [7, 11) is 1.18. The van der Waals surface area contributed by atoms with Gasteiger partial charge in [0.05, 0.1) is 84.2 Å². The first-order valence-corrected chi connectivity index (χ1v) is 31.3. The molecule has 2 aromatic rings. The van der Waals surface area contributed by atoms with E-state index in [4.69, 9.17) is 66.3 Å². The second-order valence-electron chi connectivity index (χ2n) is 25.4. The molecule has 0 spiro atoms. The van der Waals surface area contributed by atoms with Crippen molar-refractivity contribution in [1.82, 2.24) is 0 Å². The number of carbonyl (C=O) groups excluding carboxylic acids is 3. The summed E-state index contributed by atoms with van der Waals surface area (Å²) in [5.74, 6) is -5.16. The summed E-state index contributed by atoms with van der Waals surface area (Å²) >= 11 is 0. The number of benzene rings is 2. The van der Waals surface area contributed by atoms with Gasteiger partial charge in [-0.1, -0.05) is 13.8 Å². The average Bonchev–Trinajstić information content (AvgIpc) is 0.743. The zero-order chi connectivity index (χ0) is 65.6. The number of phenolic OH excluding ortho intramolecular Hbond substituents is 2. The fraction of sp³-hybridized carbons (Fsp3) is 0.790. The zero-order valence-electron chi connectivity index (χ0n) is 52.5. The molecule has 0 aromatic heterocycles. The molecule has 90 heavy (non-hydrogen) atoms. The molecule has 508 valence electrons. The standard InChI is InChI=1S/C62H92O28/c1-12-22(2)47-36(85-43-18-37(53(70)26(6)80-43)86-41-16-34(65)51(68)24(4)78-41)15-32-13-31-14-33(61(77-11)59(76)50(67)23(3)63)62(58(75)49(31)57(74)48(32)56(47)73)90-46-20-39(55(72)28(8)82-46)88-45-21-40(60(29(9)83-45)84-30(10)64)89-44-19-38(54(71)27(7)81-44)87-42-17-35(66)52(69)25(5)79-42/h13,15,22-29,33-35,37-46,50-55,60-63,65-74H,12,14,16-21H2,1-11H3/t22?,23?,24-,25-,26-,27-,28-,29-,33-,34-,35-,37-,38-,39-,40-,41+,42+,43+,44+,45+,46+,50?,51-,52-,53-,54-,55-,60+,61?,62-/m1/s1. The number of esters is 1. The largest absolute Gasteiger partial charge is 0.507 e. The van der Waals surface area contributed by atoms with Gasteiger partial charge >= 0.3 is 5.97 Å². The molecule has 28 nitrogen and oxygen atoms in total. The number of aliphatic hydroxyl groups is 9. The molecule has 28 heteroatoms. The summed E-state index contributed by atoms with van der Waals surface area (Å²) in [6.45, 7) is 15.7. The molecule has 9 rings (SSSR count). The van der Waals surface area contributed by atoms with Crippen LogP contribution in [0.15, 0.2) is 12.1 Å². The van der Waals surface area contributed by atoms with Crippen molar-refractivity contribution < 1.29 is 137 Å². The Morgan fingerprint density at radius 3 is 1.49 bits per heavy atom. The minimum absolute atomic E-state index is 0.0413. The number of aromatic hydroxyl groups is 2. The highest BCUT2D eigenvalue weighted by Gasteiger charge is 2.52. The second kappa shape index (κ2) is 29.4. The van der Waals surface area contributed by atoms with E-state index >= 15 is 4.79 Å². The number of ketones is 2. The maximum absolute atomic E-state index is 15.4. The summed E-state index contributed by atoms with van der Waals surface area (Å²) in [5.41, 5.74) is 0.150. The topological polar surface area (TPSA) is 403 Å². The first-order chi connectivity index (χ1) is 42.5. The number of methoxy groups -OCH3 is 1. The molecule has 6 aliphatic heterocycles. The molecule has 2 aromatic carbocycles. The van der Waals surface area contributed by atoms with Crippen molar-refractivity contribution >= 4 is 28.3 Å². The van der Waals surface area contributed by atoms with Gasteiger partial charge in [-0.25, -0.2) is 0 Å². The van der Waals surface area contributed by atoms with Gasteiger partial charge in [0.2, 0.25) is 6.29 Å². The molecular weight excluding hydrogens is 1190 g/mol. The molecule has 7 aliphatic rings. The third kappa shape index (κ3) is 15.1. The fourth-order valence-corrected chi connectivity index (χ4v) is 13.4. The van der Waals surface area contributed by atoms with E-state index in [1.54, 1.807) is 40.7 Å². The first kappa shape index (κ1) is 70.4. The number of Topliss-reactive ketones (excluding diaryl/α,β-unsaturated/α-hetero) is 2. The highest BCUT2D eigenvalue weighted by molar-refractivity contribution is 6.11. The quantitative estimate of drug-likeness (QED) is 0.0824. The number of phenols is 2. The van der Waals surface area contributed by atoms with Crippen molar-refractivity contribution in [2.45, 2.75) is 299 Å². The van der Waals surface area contributed by atoms with E-state index in [0.717, 1.165) is 0 Å². The summed E-state index contributed by atoms with van der Waals surface area (Å²) in [6, 6.07) is 3.10. The van der Waals surface area contributed by atoms with Crippen molar-refractivity contribution in [1.29, 1.82) is 0 Å². The van der Waals surface area contributed by atoms with Crippen molar-refractivity contribution in [3.63, 3.8) is 0 Å². The van der Waals surface area contributed by atoms with Crippen LogP contribution in [0.3, 0.4) is 0 Å². The van der Waals surface area contributed by atoms with Crippen LogP contribution in [-0.2, 0) is 77.6 Å². The minimum atomic E-state index is -1.98. The molecular formula is C62H92O28. The Labute approximate surface area is 521 Å². The molecule has 6 saturated heterocycles. The van der Waals surface area contributed by atoms with Crippen LogP contribution in [0.5, 0.6) is 17.2 Å². The van der Waals surface area contributed by atoms with Crippen LogP contribution in [0.4, 0.5) is 0 Å². The third-order valence-corrected chi connectivity index (χ3v) is 18.7. The Morgan fingerprint density at radius 2 is 1.02 bits per heavy atom. The van der Waals surface area contributed by atoms with Crippen LogP contribution in [-0.4, -0.2) is 253 Å². The maximum atomic E-state index is 15.4. The summed E-state index contributed by atoms with van der Waals surface area (Å²) in [5, 5.41) is 122. The van der Waals surface area contributed by atoms with Gasteiger partial charge in [-0.05, 0) is 90.3 Å². The van der Waals surface area contributed by atoms with Crippen LogP contribution in [0, 0.1) is 5.92 Å². The van der Waals surface area contributed by atoms with Crippen molar-refractivity contribution in [3.05, 3.63) is 28.8 Å². The lowest BCUT2D eigenvalue weighted by molar-refractivity contribution is -0.338. The number of hydrogen-bond acceptors (Lipinski definition) is 28. The molecule has 0 radical (unpaired) electrons. The normalized spacial score (nSPS) is 41.5. The summed E-state index contributed by atoms with van der Waals surface area (Å²) in [6.07, 6.45) is -32.3. The monoisotopic (exact) mass is 1280 g/mol. The van der Waals surface area contributed by atoms with E-state index in [9.17, 15) is 65.8 Å².